The molecule has 1 aliphatic rings. The van der Waals surface area contributed by atoms with Crippen molar-refractivity contribution in [3.8, 4) is 28.4 Å². The number of halogens is 1. The molecule has 3 amide bonds. The van der Waals surface area contributed by atoms with Crippen molar-refractivity contribution in [3.63, 3.8) is 0 Å². The summed E-state index contributed by atoms with van der Waals surface area (Å²) in [7, 11) is 3.51. The number of carbonyl (C=O) groups excluding carboxylic acids is 3. The minimum atomic E-state index is -0.381. The van der Waals surface area contributed by atoms with Gasteiger partial charge in [0.05, 0.1) is 17.8 Å². The molecule has 0 saturated heterocycles. The third-order valence-electron chi connectivity index (χ3n) is 5.72. The highest BCUT2D eigenvalue weighted by Gasteiger charge is 2.27. The first kappa shape index (κ1) is 23.5. The van der Waals surface area contributed by atoms with E-state index in [2.05, 4.69) is 5.32 Å². The highest BCUT2D eigenvalue weighted by atomic mass is 35.5. The number of imide groups is 1. The second-order valence-electron chi connectivity index (χ2n) is 8.21. The summed E-state index contributed by atoms with van der Waals surface area (Å²) < 4.78 is 7.23. The number of aryl methyl sites for hydroxylation is 1. The third-order valence-corrected chi connectivity index (χ3v) is 6.05. The summed E-state index contributed by atoms with van der Waals surface area (Å²) in [5.41, 5.74) is 4.01. The van der Waals surface area contributed by atoms with E-state index in [1.54, 1.807) is 24.1 Å². The second-order valence-corrected chi connectivity index (χ2v) is 8.62. The van der Waals surface area contributed by atoms with E-state index in [1.807, 2.05) is 42.1 Å². The normalized spacial score (nSPS) is 12.6. The first-order valence-corrected chi connectivity index (χ1v) is 11.2. The van der Waals surface area contributed by atoms with Crippen molar-refractivity contribution in [1.29, 1.82) is 0 Å². The number of nitrogens with zero attached hydrogens (tertiary/aromatic N) is 3. The van der Waals surface area contributed by atoms with Gasteiger partial charge in [-0.2, -0.15) is 0 Å². The first-order chi connectivity index (χ1) is 16.3. The van der Waals surface area contributed by atoms with Crippen molar-refractivity contribution in [3.05, 3.63) is 58.7 Å². The zero-order valence-electron chi connectivity index (χ0n) is 19.2. The molecule has 4 rings (SSSR count). The number of imidazole rings is 1. The van der Waals surface area contributed by atoms with Crippen LogP contribution in [-0.4, -0.2) is 45.8 Å². The number of benzene rings is 2. The van der Waals surface area contributed by atoms with Crippen LogP contribution in [0.15, 0.2) is 42.6 Å². The van der Waals surface area contributed by atoms with Crippen molar-refractivity contribution in [2.75, 3.05) is 13.7 Å². The molecule has 1 aromatic heterocycles. The van der Waals surface area contributed by atoms with Gasteiger partial charge in [-0.1, -0.05) is 17.7 Å². The molecule has 176 valence electrons. The maximum atomic E-state index is 12.8. The van der Waals surface area contributed by atoms with Gasteiger partial charge in [-0.15, -0.1) is 0 Å². The Bertz CT molecular complexity index is 1280. The van der Waals surface area contributed by atoms with Crippen molar-refractivity contribution in [2.45, 2.75) is 26.3 Å². The van der Waals surface area contributed by atoms with Crippen LogP contribution in [0.1, 0.15) is 35.7 Å². The van der Waals surface area contributed by atoms with Crippen LogP contribution >= 0.6 is 11.6 Å². The predicted octanol–water partition coefficient (Wildman–Crippen LogP) is 3.81. The lowest BCUT2D eigenvalue weighted by atomic mass is 10.0. The predicted molar refractivity (Wildman–Crippen MR) is 128 cm³/mol. The van der Waals surface area contributed by atoms with Gasteiger partial charge in [0.2, 0.25) is 11.8 Å². The van der Waals surface area contributed by atoms with E-state index in [0.717, 1.165) is 22.4 Å². The third kappa shape index (κ3) is 4.82. The van der Waals surface area contributed by atoms with Crippen LogP contribution in [0.4, 0.5) is 0 Å². The van der Waals surface area contributed by atoms with Gasteiger partial charge < -0.3 is 14.2 Å². The summed E-state index contributed by atoms with van der Waals surface area (Å²) in [6.07, 6.45) is 2.60. The SMILES string of the molecule is COc1ccc(Cl)c(-c2nc(-c3ccc4c(c3)CN(CCCC(=O)NC(C)=O)C4=O)cn2C)c1. The van der Waals surface area contributed by atoms with E-state index in [1.165, 1.54) is 6.92 Å². The van der Waals surface area contributed by atoms with E-state index in [-0.39, 0.29) is 24.1 Å². The lowest BCUT2D eigenvalue weighted by molar-refractivity contribution is -0.129. The quantitative estimate of drug-likeness (QED) is 0.555. The van der Waals surface area contributed by atoms with Crippen LogP contribution in [0, 0.1) is 0 Å². The Hall–Kier alpha value is -3.65. The van der Waals surface area contributed by atoms with E-state index in [0.29, 0.717) is 41.7 Å². The minimum absolute atomic E-state index is 0.0570. The van der Waals surface area contributed by atoms with Gasteiger partial charge in [0, 0.05) is 56.4 Å². The molecule has 1 aliphatic heterocycles. The fourth-order valence-corrected chi connectivity index (χ4v) is 4.27. The van der Waals surface area contributed by atoms with Gasteiger partial charge in [-0.25, -0.2) is 4.98 Å². The molecule has 8 nitrogen and oxygen atoms in total. The van der Waals surface area contributed by atoms with Crippen LogP contribution < -0.4 is 10.1 Å². The van der Waals surface area contributed by atoms with Gasteiger partial charge in [-0.3, -0.25) is 19.7 Å². The van der Waals surface area contributed by atoms with Crippen LogP contribution in [0.25, 0.3) is 22.6 Å². The van der Waals surface area contributed by atoms with Gasteiger partial charge in [0.15, 0.2) is 0 Å². The number of hydrogen-bond acceptors (Lipinski definition) is 5. The Morgan fingerprint density at radius 1 is 1.18 bits per heavy atom. The van der Waals surface area contributed by atoms with Gasteiger partial charge >= 0.3 is 0 Å². The van der Waals surface area contributed by atoms with Crippen LogP contribution in [0.2, 0.25) is 5.02 Å². The highest BCUT2D eigenvalue weighted by molar-refractivity contribution is 6.33. The van der Waals surface area contributed by atoms with E-state index < -0.39 is 0 Å². The van der Waals surface area contributed by atoms with E-state index in [4.69, 9.17) is 21.3 Å². The number of ether oxygens (including phenoxy) is 1. The molecule has 9 heteroatoms. The summed E-state index contributed by atoms with van der Waals surface area (Å²) in [5.74, 6) is 0.632. The van der Waals surface area contributed by atoms with Crippen molar-refractivity contribution in [1.82, 2.24) is 19.8 Å². The fourth-order valence-electron chi connectivity index (χ4n) is 4.07. The lowest BCUT2D eigenvalue weighted by Gasteiger charge is -2.14. The number of fused-ring (bicyclic) bond motifs is 1. The molecule has 1 N–H and O–H groups in total. The molecule has 0 unspecified atom stereocenters. The van der Waals surface area contributed by atoms with Crippen molar-refractivity contribution in [2.24, 2.45) is 7.05 Å². The largest absolute Gasteiger partial charge is 0.497 e. The van der Waals surface area contributed by atoms with Gasteiger partial charge in [-0.05, 0) is 42.3 Å². The van der Waals surface area contributed by atoms with Crippen molar-refractivity contribution >= 4 is 29.3 Å². The molecule has 0 atom stereocenters. The fraction of sp³-hybridized carbons (Fsp3) is 0.280. The number of hydrogen-bond donors (Lipinski definition) is 1. The van der Waals surface area contributed by atoms with E-state index in [9.17, 15) is 14.4 Å². The second kappa shape index (κ2) is 9.69. The summed E-state index contributed by atoms with van der Waals surface area (Å²) >= 11 is 6.42. The molecule has 34 heavy (non-hydrogen) atoms. The van der Waals surface area contributed by atoms with E-state index >= 15 is 0 Å². The lowest BCUT2D eigenvalue weighted by Crippen LogP contribution is -2.30. The Balaban J connectivity index is 1.51. The van der Waals surface area contributed by atoms with Gasteiger partial charge in [0.25, 0.3) is 5.91 Å². The topological polar surface area (TPSA) is 93.5 Å². The van der Waals surface area contributed by atoms with Gasteiger partial charge in [0.1, 0.15) is 11.6 Å². The maximum Gasteiger partial charge on any atom is 0.254 e. The monoisotopic (exact) mass is 480 g/mol. The average Bonchev–Trinajstić information content (AvgIpc) is 3.33. The number of methoxy groups -OCH3 is 1. The molecule has 0 saturated carbocycles. The maximum absolute atomic E-state index is 12.8. The molecular formula is C25H25ClN4O4. The summed E-state index contributed by atoms with van der Waals surface area (Å²) in [6.45, 7) is 2.21. The minimum Gasteiger partial charge on any atom is -0.497 e. The molecule has 3 aromatic rings. The smallest absolute Gasteiger partial charge is 0.254 e. The Morgan fingerprint density at radius 3 is 2.71 bits per heavy atom. The molecule has 0 aliphatic carbocycles. The molecule has 0 bridgehead atoms. The molecule has 0 fully saturated rings. The molecule has 0 radical (unpaired) electrons. The Labute approximate surface area is 202 Å². The van der Waals surface area contributed by atoms with Crippen LogP contribution in [0.5, 0.6) is 5.75 Å². The average molecular weight is 481 g/mol. The first-order valence-electron chi connectivity index (χ1n) is 10.9. The Morgan fingerprint density at radius 2 is 1.97 bits per heavy atom. The summed E-state index contributed by atoms with van der Waals surface area (Å²) in [4.78, 5) is 41.9. The number of nitrogens with one attached hydrogen (secondary N) is 1. The molecule has 2 heterocycles. The summed E-state index contributed by atoms with van der Waals surface area (Å²) in [6, 6.07) is 11.1. The van der Waals surface area contributed by atoms with Crippen LogP contribution in [0.3, 0.4) is 0 Å². The number of aromatic nitrogens is 2. The van der Waals surface area contributed by atoms with Crippen molar-refractivity contribution < 1.29 is 19.1 Å². The highest BCUT2D eigenvalue weighted by Crippen LogP contribution is 2.33. The number of carbonyl (C=O) groups is 3. The zero-order valence-corrected chi connectivity index (χ0v) is 20.0. The van der Waals surface area contributed by atoms with Crippen LogP contribution in [-0.2, 0) is 23.2 Å². The summed E-state index contributed by atoms with van der Waals surface area (Å²) in [5, 5.41) is 2.82. The molecule has 2 aromatic carbocycles. The zero-order chi connectivity index (χ0) is 24.4. The standard InChI is InChI=1S/C25H25ClN4O4/c1-15(31)27-23(32)5-4-10-30-13-17-11-16(6-8-19(17)25(30)33)22-14-29(2)24(28-22)20-12-18(34-3)7-9-21(20)26/h6-9,11-12,14H,4-5,10,13H2,1-3H3,(H,27,31,32). The Kier molecular flexibility index (Phi) is 6.70. The molecular weight excluding hydrogens is 456 g/mol. The number of amides is 3. The molecule has 0 spiro atoms. The number of rotatable bonds is 7.